The minimum atomic E-state index is -4.54. The third-order valence-corrected chi connectivity index (χ3v) is 11.4. The molecule has 11 rings (SSSR count). The van der Waals surface area contributed by atoms with E-state index in [4.69, 9.17) is 6.57 Å². The van der Waals surface area contributed by atoms with Gasteiger partial charge in [0.25, 0.3) is 0 Å². The van der Waals surface area contributed by atoms with Gasteiger partial charge in [-0.1, -0.05) is 60.7 Å². The summed E-state index contributed by atoms with van der Waals surface area (Å²) in [5.41, 5.74) is 2.93. The molecule has 0 spiro atoms. The Hall–Kier alpha value is -7.90. The molecule has 0 aliphatic carbocycles. The van der Waals surface area contributed by atoms with Crippen LogP contribution in [0.15, 0.2) is 153 Å². The van der Waals surface area contributed by atoms with Crippen LogP contribution in [0.25, 0.3) is 103 Å². The van der Waals surface area contributed by atoms with Gasteiger partial charge in [-0.3, -0.25) is 19.2 Å². The molecule has 11 aromatic rings. The lowest BCUT2D eigenvalue weighted by Crippen LogP contribution is -2.17. The van der Waals surface area contributed by atoms with Crippen LogP contribution >= 0.6 is 0 Å². The minimum Gasteiger partial charge on any atom is -0.307 e. The van der Waals surface area contributed by atoms with E-state index in [2.05, 4.69) is 4.85 Å². The first kappa shape index (κ1) is 33.4. The van der Waals surface area contributed by atoms with Gasteiger partial charge < -0.3 is 8.80 Å². The van der Waals surface area contributed by atoms with E-state index in [1.807, 2.05) is 20.9 Å². The number of rotatable bonds is 2. The average molecular weight is 762 g/mol. The van der Waals surface area contributed by atoms with Crippen molar-refractivity contribution in [2.24, 2.45) is 0 Å². The van der Waals surface area contributed by atoms with Crippen LogP contribution in [-0.4, -0.2) is 8.80 Å². The highest BCUT2D eigenvalue weighted by molar-refractivity contribution is 6.14. The van der Waals surface area contributed by atoms with Crippen LogP contribution < -0.4 is 21.7 Å². The van der Waals surface area contributed by atoms with Crippen LogP contribution in [0.3, 0.4) is 0 Å². The van der Waals surface area contributed by atoms with E-state index in [9.17, 15) is 32.3 Å². The quantitative estimate of drug-likeness (QED) is 0.0998. The van der Waals surface area contributed by atoms with Crippen molar-refractivity contribution in [3.63, 3.8) is 0 Å². The Bertz CT molecular complexity index is 3920. The molecule has 0 fully saturated rings. The molecule has 0 bridgehead atoms. The van der Waals surface area contributed by atoms with Gasteiger partial charge in [-0.15, -0.1) is 0 Å². The molecule has 0 saturated heterocycles. The summed E-state index contributed by atoms with van der Waals surface area (Å²) in [4.78, 5) is 61.7. The summed E-state index contributed by atoms with van der Waals surface area (Å²) >= 11 is 0. The highest BCUT2D eigenvalue weighted by Gasteiger charge is 2.30. The van der Waals surface area contributed by atoms with E-state index >= 15 is 0 Å². The van der Waals surface area contributed by atoms with E-state index in [0.29, 0.717) is 77.2 Å². The molecule has 0 amide bonds. The number of hydrogen-bond acceptors (Lipinski definition) is 4. The van der Waals surface area contributed by atoms with Crippen molar-refractivity contribution in [2.45, 2.75) is 6.18 Å². The van der Waals surface area contributed by atoms with E-state index in [1.54, 1.807) is 97.1 Å². The first-order valence-electron chi connectivity index (χ1n) is 18.2. The fraction of sp³-hybridized carbons (Fsp3) is 0.0208. The zero-order valence-corrected chi connectivity index (χ0v) is 29.8. The van der Waals surface area contributed by atoms with Gasteiger partial charge in [-0.25, -0.2) is 4.85 Å². The van der Waals surface area contributed by atoms with Crippen LogP contribution in [0, 0.1) is 6.57 Å². The van der Waals surface area contributed by atoms with Crippen LogP contribution in [0.4, 0.5) is 18.9 Å². The lowest BCUT2D eigenvalue weighted by atomic mass is 9.95. The molecule has 0 N–H and O–H groups in total. The smallest absolute Gasteiger partial charge is 0.307 e. The van der Waals surface area contributed by atoms with Gasteiger partial charge in [0.15, 0.2) is 27.4 Å². The number of para-hydroxylation sites is 2. The molecule has 274 valence electrons. The van der Waals surface area contributed by atoms with Crippen molar-refractivity contribution in [1.29, 1.82) is 0 Å². The van der Waals surface area contributed by atoms with Crippen molar-refractivity contribution in [3.05, 3.63) is 191 Å². The molecule has 0 aliphatic heterocycles. The van der Waals surface area contributed by atoms with Gasteiger partial charge in [0.1, 0.15) is 0 Å². The lowest BCUT2D eigenvalue weighted by molar-refractivity contribution is -0.137. The van der Waals surface area contributed by atoms with E-state index in [0.717, 1.165) is 12.1 Å². The minimum absolute atomic E-state index is 0.160. The number of alkyl halides is 3. The van der Waals surface area contributed by atoms with Crippen molar-refractivity contribution in [2.75, 3.05) is 0 Å². The molecule has 4 aromatic heterocycles. The second kappa shape index (κ2) is 11.6. The maximum absolute atomic E-state index is 14.9. The third kappa shape index (κ3) is 4.49. The summed E-state index contributed by atoms with van der Waals surface area (Å²) in [6.45, 7) is 7.36. The van der Waals surface area contributed by atoms with Crippen LogP contribution in [0.1, 0.15) is 5.56 Å². The molecule has 0 aliphatic rings. The zero-order chi connectivity index (χ0) is 39.8. The van der Waals surface area contributed by atoms with E-state index < -0.39 is 22.6 Å². The number of hydrogen-bond donors (Lipinski definition) is 0. The second-order valence-corrected chi connectivity index (χ2v) is 14.5. The molecule has 0 radical (unpaired) electrons. The van der Waals surface area contributed by atoms with E-state index in [1.165, 1.54) is 12.1 Å². The largest absolute Gasteiger partial charge is 0.416 e. The topological polar surface area (TPSA) is 81.5 Å². The Labute approximate surface area is 322 Å². The maximum atomic E-state index is 14.9. The summed E-state index contributed by atoms with van der Waals surface area (Å²) in [6, 6.07) is 35.6. The normalized spacial score (nSPS) is 12.3. The van der Waals surface area contributed by atoms with E-state index in [-0.39, 0.29) is 37.8 Å². The fourth-order valence-corrected chi connectivity index (χ4v) is 8.71. The number of benzene rings is 7. The summed E-state index contributed by atoms with van der Waals surface area (Å²) in [7, 11) is 0. The lowest BCUT2D eigenvalue weighted by Gasteiger charge is -2.19. The van der Waals surface area contributed by atoms with Crippen LogP contribution in [0.5, 0.6) is 0 Å². The molecular weight excluding hydrogens is 740 g/mol. The summed E-state index contributed by atoms with van der Waals surface area (Å²) in [5, 5.41) is 2.15. The molecule has 7 aromatic carbocycles. The van der Waals surface area contributed by atoms with Crippen LogP contribution in [-0.2, 0) is 6.18 Å². The first-order valence-corrected chi connectivity index (χ1v) is 18.2. The monoisotopic (exact) mass is 761 g/mol. The molecule has 0 unspecified atom stereocenters. The van der Waals surface area contributed by atoms with Crippen molar-refractivity contribution < 1.29 is 13.2 Å². The first-order chi connectivity index (χ1) is 28.0. The predicted molar refractivity (Wildman–Crippen MR) is 223 cm³/mol. The summed E-state index contributed by atoms with van der Waals surface area (Å²) < 4.78 is 44.1. The summed E-state index contributed by atoms with van der Waals surface area (Å²) in [5.74, 6) is 0. The SMILES string of the molecule is [C-]#[N+]c1ccc(-c2cc3c(=O)c4ccccc4n4c5cc6c(cc5c(=O)c(c2)c34)c(=O)c2cc(-c3ccc(C(F)(F)F)cc3)cc3c(=O)c4ccccc4n6c32)cc1. The Morgan fingerprint density at radius 1 is 0.414 bits per heavy atom. The number of halogens is 3. The van der Waals surface area contributed by atoms with Gasteiger partial charge >= 0.3 is 6.18 Å². The van der Waals surface area contributed by atoms with Gasteiger partial charge in [-0.05, 0) is 95.1 Å². The Kier molecular flexibility index (Phi) is 6.67. The van der Waals surface area contributed by atoms with Crippen molar-refractivity contribution >= 4 is 81.9 Å². The Morgan fingerprint density at radius 2 is 0.810 bits per heavy atom. The van der Waals surface area contributed by atoms with Gasteiger partial charge in [0, 0.05) is 43.1 Å². The van der Waals surface area contributed by atoms with Crippen LogP contribution in [0.2, 0.25) is 0 Å². The summed E-state index contributed by atoms with van der Waals surface area (Å²) in [6.07, 6.45) is -4.54. The molecule has 0 saturated carbocycles. The number of pyridine rings is 4. The van der Waals surface area contributed by atoms with Crippen molar-refractivity contribution in [3.8, 4) is 22.3 Å². The molecule has 58 heavy (non-hydrogen) atoms. The fourth-order valence-electron chi connectivity index (χ4n) is 8.71. The zero-order valence-electron chi connectivity index (χ0n) is 29.8. The van der Waals surface area contributed by atoms with Gasteiger partial charge in [0.05, 0.1) is 45.2 Å². The highest BCUT2D eigenvalue weighted by atomic mass is 19.4. The number of aromatic nitrogens is 2. The second-order valence-electron chi connectivity index (χ2n) is 14.5. The standard InChI is InChI=1S/C48H22F3N3O4/c1-52-29-16-12-25(13-17-29)27-19-35-43-37(21-27)47(58)33-22-32-40(23-41(33)54(43)39-9-5-3-7-31(39)45(35)56)53-38-8-4-2-6-30(38)44(55)34-18-26(20-36(42(34)53)46(32)57)24-10-14-28(15-11-24)48(49,50)51/h2-23H. The molecule has 4 heterocycles. The number of fused-ring (bicyclic) bond motifs is 8. The van der Waals surface area contributed by atoms with Gasteiger partial charge in [-0.2, -0.15) is 13.2 Å². The number of nitrogens with zero attached hydrogens (tertiary/aromatic N) is 3. The molecule has 10 heteroatoms. The molecule has 0 atom stereocenters. The predicted octanol–water partition coefficient (Wildman–Crippen LogP) is 10.3. The Morgan fingerprint density at radius 3 is 1.22 bits per heavy atom. The highest BCUT2D eigenvalue weighted by Crippen LogP contribution is 2.37. The third-order valence-electron chi connectivity index (χ3n) is 11.4. The molecule has 7 nitrogen and oxygen atoms in total. The van der Waals surface area contributed by atoms with Crippen molar-refractivity contribution in [1.82, 2.24) is 8.80 Å². The van der Waals surface area contributed by atoms with Gasteiger partial charge in [0.2, 0.25) is 0 Å². The Balaban J connectivity index is 1.33. The average Bonchev–Trinajstić information content (AvgIpc) is 3.25. The maximum Gasteiger partial charge on any atom is 0.416 e. The molecular formula is C48H22F3N3O4.